The van der Waals surface area contributed by atoms with E-state index in [1.807, 2.05) is 60.8 Å². The van der Waals surface area contributed by atoms with Gasteiger partial charge >= 0.3 is 0 Å². The molecule has 0 fully saturated rings. The largest absolute Gasteiger partial charge is 0.306 e. The fraction of sp³-hybridized carbons (Fsp3) is 0. The summed E-state index contributed by atoms with van der Waals surface area (Å²) in [5.41, 5.74) is 10.0. The highest BCUT2D eigenvalue weighted by Gasteiger charge is 2.21. The minimum atomic E-state index is 0.796. The van der Waals surface area contributed by atoms with Gasteiger partial charge in [-0.1, -0.05) is 18.2 Å². The molecule has 1 aromatic carbocycles. The lowest BCUT2D eigenvalue weighted by atomic mass is 10.2. The Hall–Kier alpha value is -5.17. The molecule has 7 nitrogen and oxygen atoms in total. The molecule has 0 saturated heterocycles. The first kappa shape index (κ1) is 19.2. The van der Waals surface area contributed by atoms with E-state index in [0.717, 1.165) is 66.7 Å². The van der Waals surface area contributed by atoms with Gasteiger partial charge in [-0.2, -0.15) is 0 Å². The zero-order valence-corrected chi connectivity index (χ0v) is 18.9. The summed E-state index contributed by atoms with van der Waals surface area (Å²) in [6, 6.07) is 28.4. The molecule has 36 heavy (non-hydrogen) atoms. The van der Waals surface area contributed by atoms with Crippen molar-refractivity contribution in [1.82, 2.24) is 34.1 Å². The Morgan fingerprint density at radius 3 is 1.89 bits per heavy atom. The Labute approximate surface area is 204 Å². The predicted octanol–water partition coefficient (Wildman–Crippen LogP) is 6.01. The summed E-state index contributed by atoms with van der Waals surface area (Å²) >= 11 is 0. The zero-order valence-electron chi connectivity index (χ0n) is 18.9. The molecule has 0 N–H and O–H groups in total. The average molecular weight is 464 g/mol. The summed E-state index contributed by atoms with van der Waals surface area (Å²) in [5, 5.41) is 0. The van der Waals surface area contributed by atoms with Gasteiger partial charge in [0.1, 0.15) is 27.9 Å². The van der Waals surface area contributed by atoms with Crippen molar-refractivity contribution >= 4 is 55.2 Å². The molecule has 0 saturated carbocycles. The number of pyridine rings is 5. The molecule has 0 aliphatic carbocycles. The Morgan fingerprint density at radius 2 is 1.11 bits per heavy atom. The van der Waals surface area contributed by atoms with Crippen molar-refractivity contribution in [3.8, 4) is 11.5 Å². The molecule has 7 heteroatoms. The maximum absolute atomic E-state index is 5.18. The summed E-state index contributed by atoms with van der Waals surface area (Å²) in [7, 11) is 0. The fourth-order valence-electron chi connectivity index (χ4n) is 5.13. The van der Waals surface area contributed by atoms with E-state index in [9.17, 15) is 0 Å². The number of hydrogen-bond donors (Lipinski definition) is 0. The van der Waals surface area contributed by atoms with Gasteiger partial charge in [0.05, 0.1) is 33.1 Å². The minimum absolute atomic E-state index is 0.796. The molecule has 168 valence electrons. The van der Waals surface area contributed by atoms with E-state index in [1.54, 1.807) is 12.4 Å². The molecule has 8 aromatic rings. The molecule has 0 aliphatic heterocycles. The van der Waals surface area contributed by atoms with Crippen LogP contribution in [-0.2, 0) is 0 Å². The number of para-hydroxylation sites is 1. The molecule has 7 heterocycles. The number of benzene rings is 1. The Morgan fingerprint density at radius 1 is 0.444 bits per heavy atom. The van der Waals surface area contributed by atoms with E-state index in [4.69, 9.17) is 19.9 Å². The number of nitrogens with zero attached hydrogens (tertiary/aromatic N) is 7. The zero-order chi connectivity index (χ0) is 23.6. The van der Waals surface area contributed by atoms with Gasteiger partial charge in [0.25, 0.3) is 0 Å². The van der Waals surface area contributed by atoms with Crippen molar-refractivity contribution in [2.45, 2.75) is 0 Å². The topological polar surface area (TPSA) is 74.3 Å². The Kier molecular flexibility index (Phi) is 3.81. The van der Waals surface area contributed by atoms with Gasteiger partial charge in [-0.3, -0.25) is 19.5 Å². The van der Waals surface area contributed by atoms with Gasteiger partial charge < -0.3 is 4.57 Å². The van der Waals surface area contributed by atoms with Gasteiger partial charge in [0.15, 0.2) is 0 Å². The summed E-state index contributed by atoms with van der Waals surface area (Å²) in [5.74, 6) is 0.796. The van der Waals surface area contributed by atoms with Gasteiger partial charge in [0.2, 0.25) is 0 Å². The molecule has 0 bridgehead atoms. The van der Waals surface area contributed by atoms with E-state index in [2.05, 4.69) is 44.5 Å². The van der Waals surface area contributed by atoms with Crippen molar-refractivity contribution in [2.75, 3.05) is 0 Å². The van der Waals surface area contributed by atoms with Crippen LogP contribution in [0.1, 0.15) is 0 Å². The number of fused-ring (bicyclic) bond motifs is 7. The average Bonchev–Trinajstić information content (AvgIpc) is 3.44. The first-order chi connectivity index (χ1) is 17.9. The van der Waals surface area contributed by atoms with Crippen molar-refractivity contribution in [1.29, 1.82) is 0 Å². The molecule has 0 atom stereocenters. The van der Waals surface area contributed by atoms with Crippen LogP contribution in [0, 0.1) is 0 Å². The monoisotopic (exact) mass is 463 g/mol. The van der Waals surface area contributed by atoms with Crippen LogP contribution in [-0.4, -0.2) is 34.1 Å². The van der Waals surface area contributed by atoms with Crippen molar-refractivity contribution in [3.05, 3.63) is 104 Å². The minimum Gasteiger partial charge on any atom is -0.306 e. The van der Waals surface area contributed by atoms with E-state index in [0.29, 0.717) is 0 Å². The quantitative estimate of drug-likeness (QED) is 0.314. The van der Waals surface area contributed by atoms with Crippen LogP contribution in [0.5, 0.6) is 0 Å². The molecule has 0 unspecified atom stereocenters. The summed E-state index contributed by atoms with van der Waals surface area (Å²) in [6.07, 6.45) is 5.41. The smallest absolute Gasteiger partial charge is 0.138 e. The second-order valence-corrected chi connectivity index (χ2v) is 8.68. The van der Waals surface area contributed by atoms with Gasteiger partial charge in [-0.05, 0) is 66.7 Å². The third kappa shape index (κ3) is 2.59. The van der Waals surface area contributed by atoms with E-state index >= 15 is 0 Å². The van der Waals surface area contributed by atoms with Crippen LogP contribution in [0.2, 0.25) is 0 Å². The highest BCUT2D eigenvalue weighted by Crippen LogP contribution is 2.36. The number of hydrogen-bond acceptors (Lipinski definition) is 5. The van der Waals surface area contributed by atoms with Crippen LogP contribution in [0.3, 0.4) is 0 Å². The molecule has 0 radical (unpaired) electrons. The van der Waals surface area contributed by atoms with Crippen LogP contribution in [0.15, 0.2) is 104 Å². The first-order valence-corrected chi connectivity index (χ1v) is 11.7. The molecule has 0 amide bonds. The highest BCUT2D eigenvalue weighted by molar-refractivity contribution is 6.13. The third-order valence-electron chi connectivity index (χ3n) is 6.65. The Balaban J connectivity index is 1.55. The third-order valence-corrected chi connectivity index (χ3v) is 6.65. The highest BCUT2D eigenvalue weighted by atomic mass is 15.1. The number of aromatic nitrogens is 7. The molecular formula is C29H17N7. The van der Waals surface area contributed by atoms with Crippen LogP contribution in [0.25, 0.3) is 66.7 Å². The molecular weight excluding hydrogens is 446 g/mol. The second-order valence-electron chi connectivity index (χ2n) is 8.68. The van der Waals surface area contributed by atoms with Crippen molar-refractivity contribution in [3.63, 3.8) is 0 Å². The lowest BCUT2D eigenvalue weighted by Gasteiger charge is -2.09. The SMILES string of the molecule is c1ccc(-n2c3cccnc3c3nc4c5ncccc5n(-c5ccc6ncccc6n5)c4cc32)cc1. The predicted molar refractivity (Wildman–Crippen MR) is 142 cm³/mol. The normalized spacial score (nSPS) is 11.9. The van der Waals surface area contributed by atoms with Crippen molar-refractivity contribution in [2.24, 2.45) is 0 Å². The standard InChI is InChI=1S/C29H17N7/c1-2-7-18(8-3-1)35-21-10-5-15-31-26(21)28-23(35)17-24-29(34-28)27-22(11-6-16-32-27)36(24)25-13-12-19-20(33-25)9-4-14-30-19/h1-17H. The van der Waals surface area contributed by atoms with Gasteiger partial charge in [-0.25, -0.2) is 9.97 Å². The van der Waals surface area contributed by atoms with Gasteiger partial charge in [-0.15, -0.1) is 0 Å². The summed E-state index contributed by atoms with van der Waals surface area (Å²) in [6.45, 7) is 0. The van der Waals surface area contributed by atoms with Crippen LogP contribution >= 0.6 is 0 Å². The van der Waals surface area contributed by atoms with E-state index < -0.39 is 0 Å². The van der Waals surface area contributed by atoms with Gasteiger partial charge in [0, 0.05) is 24.3 Å². The molecule has 7 aromatic heterocycles. The van der Waals surface area contributed by atoms with E-state index in [1.165, 1.54) is 0 Å². The first-order valence-electron chi connectivity index (χ1n) is 11.7. The lowest BCUT2D eigenvalue weighted by molar-refractivity contribution is 1.09. The van der Waals surface area contributed by atoms with Crippen LogP contribution < -0.4 is 0 Å². The molecule has 0 aliphatic rings. The molecule has 0 spiro atoms. The second kappa shape index (κ2) is 7.16. The maximum Gasteiger partial charge on any atom is 0.138 e. The fourth-order valence-corrected chi connectivity index (χ4v) is 5.13. The van der Waals surface area contributed by atoms with E-state index in [-0.39, 0.29) is 0 Å². The summed E-state index contributed by atoms with van der Waals surface area (Å²) < 4.78 is 4.36. The maximum atomic E-state index is 5.18. The Bertz CT molecular complexity index is 2110. The van der Waals surface area contributed by atoms with Crippen LogP contribution in [0.4, 0.5) is 0 Å². The molecule has 8 rings (SSSR count). The van der Waals surface area contributed by atoms with Crippen molar-refractivity contribution < 1.29 is 0 Å². The number of rotatable bonds is 2. The lowest BCUT2D eigenvalue weighted by Crippen LogP contribution is -1.99. The summed E-state index contributed by atoms with van der Waals surface area (Å²) in [4.78, 5) is 24.0.